The third kappa shape index (κ3) is 3.42. The van der Waals surface area contributed by atoms with Gasteiger partial charge in [-0.3, -0.25) is 14.9 Å². The summed E-state index contributed by atoms with van der Waals surface area (Å²) >= 11 is 0. The molecular weight excluding hydrogens is 268 g/mol. The summed E-state index contributed by atoms with van der Waals surface area (Å²) in [6.07, 6.45) is 0.0219. The van der Waals surface area contributed by atoms with Gasteiger partial charge in [-0.25, -0.2) is 0 Å². The quantitative estimate of drug-likeness (QED) is 0.839. The molecule has 1 amide bonds. The Morgan fingerprint density at radius 1 is 1.33 bits per heavy atom. The van der Waals surface area contributed by atoms with Crippen molar-refractivity contribution in [1.29, 1.82) is 0 Å². The Labute approximate surface area is 125 Å². The van der Waals surface area contributed by atoms with Crippen LogP contribution in [0.25, 0.3) is 0 Å². The predicted octanol–water partition coefficient (Wildman–Crippen LogP) is 1.70. The van der Waals surface area contributed by atoms with Crippen molar-refractivity contribution in [2.75, 3.05) is 13.7 Å². The van der Waals surface area contributed by atoms with Gasteiger partial charge in [0.15, 0.2) is 0 Å². The van der Waals surface area contributed by atoms with E-state index in [0.717, 1.165) is 5.56 Å². The van der Waals surface area contributed by atoms with E-state index in [1.807, 2.05) is 44.2 Å². The van der Waals surface area contributed by atoms with Crippen molar-refractivity contribution in [3.05, 3.63) is 35.9 Å². The number of carbonyl (C=O) groups is 2. The number of hydrogen-bond acceptors (Lipinski definition) is 4. The summed E-state index contributed by atoms with van der Waals surface area (Å²) in [5.74, 6) is -0.0581. The van der Waals surface area contributed by atoms with Crippen molar-refractivity contribution in [2.24, 2.45) is 5.92 Å². The van der Waals surface area contributed by atoms with E-state index >= 15 is 0 Å². The fourth-order valence-electron chi connectivity index (χ4n) is 2.58. The van der Waals surface area contributed by atoms with Gasteiger partial charge < -0.3 is 9.64 Å². The van der Waals surface area contributed by atoms with Gasteiger partial charge in [0.2, 0.25) is 5.91 Å². The summed E-state index contributed by atoms with van der Waals surface area (Å²) in [6, 6.07) is 9.59. The molecule has 1 aliphatic heterocycles. The molecule has 0 bridgehead atoms. The highest BCUT2D eigenvalue weighted by Crippen LogP contribution is 2.28. The topological polar surface area (TPSA) is 58.6 Å². The molecule has 0 saturated carbocycles. The van der Waals surface area contributed by atoms with Crippen LogP contribution >= 0.6 is 0 Å². The largest absolute Gasteiger partial charge is 0.469 e. The van der Waals surface area contributed by atoms with E-state index in [1.54, 1.807) is 4.90 Å². The SMILES string of the molecule is COC(=O)CCN1C(=O)C(C(C)C)NC1c1ccccc1. The first-order chi connectivity index (χ1) is 10.0. The van der Waals surface area contributed by atoms with E-state index in [-0.39, 0.29) is 36.4 Å². The van der Waals surface area contributed by atoms with E-state index in [4.69, 9.17) is 0 Å². The molecule has 1 heterocycles. The molecule has 5 heteroatoms. The van der Waals surface area contributed by atoms with Crippen molar-refractivity contribution in [3.63, 3.8) is 0 Å². The molecule has 114 valence electrons. The molecule has 2 atom stereocenters. The summed E-state index contributed by atoms with van der Waals surface area (Å²) in [6.45, 7) is 4.39. The van der Waals surface area contributed by atoms with Crippen molar-refractivity contribution < 1.29 is 14.3 Å². The molecule has 0 aliphatic carbocycles. The average molecular weight is 290 g/mol. The van der Waals surface area contributed by atoms with Crippen LogP contribution in [0.5, 0.6) is 0 Å². The van der Waals surface area contributed by atoms with Crippen LogP contribution in [0.1, 0.15) is 32.0 Å². The summed E-state index contributed by atoms with van der Waals surface area (Å²) < 4.78 is 4.66. The van der Waals surface area contributed by atoms with Gasteiger partial charge in [0.05, 0.1) is 19.6 Å². The minimum atomic E-state index is -0.303. The minimum absolute atomic E-state index is 0.0442. The molecule has 1 aliphatic rings. The highest BCUT2D eigenvalue weighted by Gasteiger charge is 2.40. The molecule has 1 aromatic carbocycles. The zero-order chi connectivity index (χ0) is 15.4. The number of esters is 1. The Bertz CT molecular complexity index is 502. The number of ether oxygens (including phenoxy) is 1. The highest BCUT2D eigenvalue weighted by atomic mass is 16.5. The van der Waals surface area contributed by atoms with Crippen molar-refractivity contribution in [3.8, 4) is 0 Å². The molecule has 1 saturated heterocycles. The first-order valence-electron chi connectivity index (χ1n) is 7.23. The van der Waals surface area contributed by atoms with Gasteiger partial charge >= 0.3 is 5.97 Å². The fourth-order valence-corrected chi connectivity index (χ4v) is 2.58. The maximum Gasteiger partial charge on any atom is 0.307 e. The predicted molar refractivity (Wildman–Crippen MR) is 79.3 cm³/mol. The van der Waals surface area contributed by atoms with E-state index in [9.17, 15) is 9.59 Å². The minimum Gasteiger partial charge on any atom is -0.469 e. The number of methoxy groups -OCH3 is 1. The number of benzene rings is 1. The third-order valence-electron chi connectivity index (χ3n) is 3.76. The number of amides is 1. The number of nitrogens with one attached hydrogen (secondary N) is 1. The molecule has 1 aromatic rings. The van der Waals surface area contributed by atoms with Crippen LogP contribution in [0.4, 0.5) is 0 Å². The molecule has 21 heavy (non-hydrogen) atoms. The van der Waals surface area contributed by atoms with Crippen LogP contribution in [0, 0.1) is 5.92 Å². The van der Waals surface area contributed by atoms with Crippen LogP contribution in [-0.4, -0.2) is 36.5 Å². The second-order valence-corrected chi connectivity index (χ2v) is 5.56. The van der Waals surface area contributed by atoms with Crippen molar-refractivity contribution in [2.45, 2.75) is 32.5 Å². The molecule has 5 nitrogen and oxygen atoms in total. The first kappa shape index (κ1) is 15.5. The maximum absolute atomic E-state index is 12.5. The number of carbonyl (C=O) groups excluding carboxylic acids is 2. The van der Waals surface area contributed by atoms with Gasteiger partial charge in [-0.1, -0.05) is 44.2 Å². The Hall–Kier alpha value is -1.88. The summed E-state index contributed by atoms with van der Waals surface area (Å²) in [7, 11) is 1.36. The summed E-state index contributed by atoms with van der Waals surface area (Å²) in [5.41, 5.74) is 1.03. The van der Waals surface area contributed by atoms with E-state index in [0.29, 0.717) is 6.54 Å². The lowest BCUT2D eigenvalue weighted by atomic mass is 10.1. The monoisotopic (exact) mass is 290 g/mol. The van der Waals surface area contributed by atoms with Gasteiger partial charge in [0.1, 0.15) is 6.17 Å². The Kier molecular flexibility index (Phi) is 4.96. The van der Waals surface area contributed by atoms with Gasteiger partial charge in [-0.15, -0.1) is 0 Å². The Morgan fingerprint density at radius 3 is 2.57 bits per heavy atom. The van der Waals surface area contributed by atoms with E-state index in [1.165, 1.54) is 7.11 Å². The van der Waals surface area contributed by atoms with Crippen LogP contribution in [0.2, 0.25) is 0 Å². The molecule has 0 radical (unpaired) electrons. The molecule has 2 rings (SSSR count). The van der Waals surface area contributed by atoms with Crippen LogP contribution in [0.3, 0.4) is 0 Å². The van der Waals surface area contributed by atoms with Crippen molar-refractivity contribution in [1.82, 2.24) is 10.2 Å². The van der Waals surface area contributed by atoms with Gasteiger partial charge in [-0.05, 0) is 11.5 Å². The second kappa shape index (κ2) is 6.72. The first-order valence-corrected chi connectivity index (χ1v) is 7.23. The van der Waals surface area contributed by atoms with Gasteiger partial charge in [-0.2, -0.15) is 0 Å². The lowest BCUT2D eigenvalue weighted by molar-refractivity contribution is -0.141. The molecule has 0 aromatic heterocycles. The fraction of sp³-hybridized carbons (Fsp3) is 0.500. The standard InChI is InChI=1S/C16H22N2O3/c1-11(2)14-16(20)18(10-9-13(19)21-3)15(17-14)12-7-5-4-6-8-12/h4-8,11,14-15,17H,9-10H2,1-3H3. The number of nitrogens with zero attached hydrogens (tertiary/aromatic N) is 1. The molecule has 2 unspecified atom stereocenters. The zero-order valence-corrected chi connectivity index (χ0v) is 12.7. The summed E-state index contributed by atoms with van der Waals surface area (Å²) in [4.78, 5) is 25.6. The van der Waals surface area contributed by atoms with Crippen LogP contribution in [0.15, 0.2) is 30.3 Å². The molecular formula is C16H22N2O3. The van der Waals surface area contributed by atoms with Gasteiger partial charge in [0, 0.05) is 6.54 Å². The van der Waals surface area contributed by atoms with Crippen molar-refractivity contribution >= 4 is 11.9 Å². The van der Waals surface area contributed by atoms with Crippen LogP contribution < -0.4 is 5.32 Å². The normalized spacial score (nSPS) is 21.9. The van der Waals surface area contributed by atoms with Gasteiger partial charge in [0.25, 0.3) is 0 Å². The lowest BCUT2D eigenvalue weighted by Gasteiger charge is -2.24. The Morgan fingerprint density at radius 2 is 2.00 bits per heavy atom. The zero-order valence-electron chi connectivity index (χ0n) is 12.7. The third-order valence-corrected chi connectivity index (χ3v) is 3.76. The average Bonchev–Trinajstić information content (AvgIpc) is 2.82. The maximum atomic E-state index is 12.5. The second-order valence-electron chi connectivity index (χ2n) is 5.56. The summed E-state index contributed by atoms with van der Waals surface area (Å²) in [5, 5.41) is 3.37. The highest BCUT2D eigenvalue weighted by molar-refractivity contribution is 5.85. The Balaban J connectivity index is 2.19. The molecule has 1 fully saturated rings. The van der Waals surface area contributed by atoms with E-state index in [2.05, 4.69) is 10.1 Å². The van der Waals surface area contributed by atoms with Crippen LogP contribution in [-0.2, 0) is 14.3 Å². The number of hydrogen-bond donors (Lipinski definition) is 1. The smallest absolute Gasteiger partial charge is 0.307 e. The molecule has 1 N–H and O–H groups in total. The lowest BCUT2D eigenvalue weighted by Crippen LogP contribution is -2.35. The molecule has 0 spiro atoms. The van der Waals surface area contributed by atoms with E-state index < -0.39 is 0 Å². The number of rotatable bonds is 5.